The van der Waals surface area contributed by atoms with Crippen LogP contribution in [0.25, 0.3) is 10.2 Å². The Morgan fingerprint density at radius 2 is 1.81 bits per heavy atom. The van der Waals surface area contributed by atoms with Crippen LogP contribution in [0.1, 0.15) is 22.8 Å². The summed E-state index contributed by atoms with van der Waals surface area (Å²) in [7, 11) is 0. The first-order chi connectivity index (χ1) is 13.1. The maximum Gasteiger partial charge on any atom is 0.259 e. The van der Waals surface area contributed by atoms with Gasteiger partial charge in [0.1, 0.15) is 17.2 Å². The molecule has 0 aliphatic carbocycles. The van der Waals surface area contributed by atoms with E-state index in [9.17, 15) is 13.6 Å². The van der Waals surface area contributed by atoms with Crippen LogP contribution in [0.15, 0.2) is 36.4 Å². The van der Waals surface area contributed by atoms with E-state index in [0.29, 0.717) is 26.2 Å². The van der Waals surface area contributed by atoms with Crippen molar-refractivity contribution in [3.63, 3.8) is 0 Å². The van der Waals surface area contributed by atoms with Crippen molar-refractivity contribution in [3.8, 4) is 0 Å². The van der Waals surface area contributed by atoms with Crippen molar-refractivity contribution in [2.24, 2.45) is 0 Å². The molecule has 27 heavy (non-hydrogen) atoms. The van der Waals surface area contributed by atoms with E-state index in [1.165, 1.54) is 16.5 Å². The summed E-state index contributed by atoms with van der Waals surface area (Å²) in [6.45, 7) is 4.10. The average Bonchev–Trinajstić information content (AvgIpc) is 3.11. The van der Waals surface area contributed by atoms with E-state index in [1.807, 2.05) is 6.07 Å². The molecule has 1 aliphatic rings. The molecule has 4 rings (SSSR count). The van der Waals surface area contributed by atoms with Gasteiger partial charge >= 0.3 is 0 Å². The Labute approximate surface area is 160 Å². The molecule has 0 radical (unpaired) electrons. The lowest BCUT2D eigenvalue weighted by atomic mass is 10.1. The Hall–Kier alpha value is -2.54. The van der Waals surface area contributed by atoms with E-state index < -0.39 is 23.1 Å². The predicted molar refractivity (Wildman–Crippen MR) is 103 cm³/mol. The molecular formula is C20H19F2N3OS. The number of amides is 1. The quantitative estimate of drug-likeness (QED) is 0.679. The largest absolute Gasteiger partial charge is 0.345 e. The minimum atomic E-state index is -0.819. The molecule has 2 heterocycles. The van der Waals surface area contributed by atoms with Gasteiger partial charge < -0.3 is 9.80 Å². The number of carbonyl (C=O) groups excluding carboxylic acids is 1. The molecule has 1 amide bonds. The lowest BCUT2D eigenvalue weighted by Gasteiger charge is -2.34. The number of halogens is 2. The fourth-order valence-electron chi connectivity index (χ4n) is 3.27. The average molecular weight is 387 g/mol. The van der Waals surface area contributed by atoms with Crippen molar-refractivity contribution in [2.45, 2.75) is 13.3 Å². The summed E-state index contributed by atoms with van der Waals surface area (Å²) in [5.74, 6) is -2.23. The van der Waals surface area contributed by atoms with Gasteiger partial charge in [-0.1, -0.05) is 30.4 Å². The number of carbonyl (C=O) groups is 1. The number of benzene rings is 2. The molecule has 3 aromatic rings. The number of anilines is 1. The molecule has 4 nitrogen and oxygen atoms in total. The van der Waals surface area contributed by atoms with Gasteiger partial charge in [0.25, 0.3) is 5.91 Å². The van der Waals surface area contributed by atoms with E-state index >= 15 is 0 Å². The molecule has 0 N–H and O–H groups in total. The molecule has 0 bridgehead atoms. The lowest BCUT2D eigenvalue weighted by Crippen LogP contribution is -2.49. The van der Waals surface area contributed by atoms with E-state index in [1.54, 1.807) is 11.3 Å². The molecule has 0 atom stereocenters. The number of rotatable bonds is 3. The van der Waals surface area contributed by atoms with Gasteiger partial charge in [0, 0.05) is 26.2 Å². The Bertz CT molecular complexity index is 976. The molecule has 1 fully saturated rings. The van der Waals surface area contributed by atoms with Gasteiger partial charge in [-0.2, -0.15) is 0 Å². The third-order valence-electron chi connectivity index (χ3n) is 4.86. The van der Waals surface area contributed by atoms with E-state index in [-0.39, 0.29) is 0 Å². The number of hydrogen-bond acceptors (Lipinski definition) is 4. The summed E-state index contributed by atoms with van der Waals surface area (Å²) in [4.78, 5) is 20.8. The number of nitrogens with zero attached hydrogens (tertiary/aromatic N) is 3. The van der Waals surface area contributed by atoms with Crippen molar-refractivity contribution in [1.29, 1.82) is 0 Å². The standard InChI is InChI=1S/C20H19F2N3OS/c1-2-13-6-7-16-17(12-13)27-20(23-16)25-10-8-24(9-11-25)19(26)18-14(21)4-3-5-15(18)22/h3-7,12H,2,8-11H2,1H3. The highest BCUT2D eigenvalue weighted by atomic mass is 32.1. The second-order valence-corrected chi connectivity index (χ2v) is 7.54. The fourth-order valence-corrected chi connectivity index (χ4v) is 4.35. The first kappa shape index (κ1) is 17.9. The van der Waals surface area contributed by atoms with Crippen LogP contribution in [0.2, 0.25) is 0 Å². The van der Waals surface area contributed by atoms with Gasteiger partial charge in [-0.05, 0) is 36.2 Å². The predicted octanol–water partition coefficient (Wildman–Crippen LogP) is 4.10. The second kappa shape index (κ2) is 7.23. The number of hydrogen-bond donors (Lipinski definition) is 0. The van der Waals surface area contributed by atoms with Crippen molar-refractivity contribution < 1.29 is 13.6 Å². The lowest BCUT2D eigenvalue weighted by molar-refractivity contribution is 0.0737. The van der Waals surface area contributed by atoms with E-state index in [2.05, 4.69) is 28.9 Å². The van der Waals surface area contributed by atoms with Crippen LogP contribution >= 0.6 is 11.3 Å². The molecule has 140 valence electrons. The summed E-state index contributed by atoms with van der Waals surface area (Å²) in [5.41, 5.74) is 1.78. The summed E-state index contributed by atoms with van der Waals surface area (Å²) in [5, 5.41) is 0.919. The second-order valence-electron chi connectivity index (χ2n) is 6.53. The van der Waals surface area contributed by atoms with Gasteiger partial charge in [0.05, 0.1) is 10.2 Å². The van der Waals surface area contributed by atoms with Crippen molar-refractivity contribution in [2.75, 3.05) is 31.1 Å². The topological polar surface area (TPSA) is 36.4 Å². The number of fused-ring (bicyclic) bond motifs is 1. The Morgan fingerprint density at radius 1 is 1.11 bits per heavy atom. The molecule has 0 saturated carbocycles. The maximum absolute atomic E-state index is 13.9. The Balaban J connectivity index is 1.48. The monoisotopic (exact) mass is 387 g/mol. The zero-order chi connectivity index (χ0) is 19.0. The summed E-state index contributed by atoms with van der Waals surface area (Å²) in [6.07, 6.45) is 0.983. The van der Waals surface area contributed by atoms with Crippen molar-refractivity contribution >= 4 is 32.6 Å². The fraction of sp³-hybridized carbons (Fsp3) is 0.300. The van der Waals surface area contributed by atoms with E-state index in [0.717, 1.165) is 33.9 Å². The minimum absolute atomic E-state index is 0.405. The third-order valence-corrected chi connectivity index (χ3v) is 5.94. The number of thiazole rings is 1. The molecular weight excluding hydrogens is 368 g/mol. The van der Waals surface area contributed by atoms with Crippen molar-refractivity contribution in [1.82, 2.24) is 9.88 Å². The zero-order valence-corrected chi connectivity index (χ0v) is 15.7. The van der Waals surface area contributed by atoms with Crippen LogP contribution in [0, 0.1) is 11.6 Å². The molecule has 1 saturated heterocycles. The highest BCUT2D eigenvalue weighted by molar-refractivity contribution is 7.22. The molecule has 2 aromatic carbocycles. The van der Waals surface area contributed by atoms with E-state index in [4.69, 9.17) is 0 Å². The van der Waals surface area contributed by atoms with Crippen LogP contribution in [-0.4, -0.2) is 42.0 Å². The molecule has 0 unspecified atom stereocenters. The Kier molecular flexibility index (Phi) is 4.78. The zero-order valence-electron chi connectivity index (χ0n) is 14.9. The smallest absolute Gasteiger partial charge is 0.259 e. The van der Waals surface area contributed by atoms with Gasteiger partial charge in [-0.25, -0.2) is 13.8 Å². The maximum atomic E-state index is 13.9. The third kappa shape index (κ3) is 3.39. The number of aromatic nitrogens is 1. The van der Waals surface area contributed by atoms with Crippen LogP contribution < -0.4 is 4.90 Å². The summed E-state index contributed by atoms with van der Waals surface area (Å²) in [6, 6.07) is 9.77. The molecule has 0 spiro atoms. The normalized spacial score (nSPS) is 14.8. The van der Waals surface area contributed by atoms with Gasteiger partial charge in [-0.15, -0.1) is 0 Å². The number of piperazine rings is 1. The molecule has 1 aliphatic heterocycles. The summed E-state index contributed by atoms with van der Waals surface area (Å²) < 4.78 is 28.9. The van der Waals surface area contributed by atoms with Crippen LogP contribution in [0.5, 0.6) is 0 Å². The summed E-state index contributed by atoms with van der Waals surface area (Å²) >= 11 is 1.64. The first-order valence-electron chi connectivity index (χ1n) is 8.94. The molecule has 1 aromatic heterocycles. The highest BCUT2D eigenvalue weighted by Crippen LogP contribution is 2.30. The Morgan fingerprint density at radius 3 is 2.48 bits per heavy atom. The van der Waals surface area contributed by atoms with Crippen LogP contribution in [0.4, 0.5) is 13.9 Å². The van der Waals surface area contributed by atoms with Gasteiger partial charge in [0.15, 0.2) is 5.13 Å². The SMILES string of the molecule is CCc1ccc2nc(N3CCN(C(=O)c4c(F)cccc4F)CC3)sc2c1. The van der Waals surface area contributed by atoms with Gasteiger partial charge in [0.2, 0.25) is 0 Å². The van der Waals surface area contributed by atoms with Gasteiger partial charge in [-0.3, -0.25) is 4.79 Å². The van der Waals surface area contributed by atoms with Crippen LogP contribution in [-0.2, 0) is 6.42 Å². The highest BCUT2D eigenvalue weighted by Gasteiger charge is 2.27. The minimum Gasteiger partial charge on any atom is -0.345 e. The molecule has 7 heteroatoms. The first-order valence-corrected chi connectivity index (χ1v) is 9.76. The van der Waals surface area contributed by atoms with Crippen LogP contribution in [0.3, 0.4) is 0 Å². The van der Waals surface area contributed by atoms with Crippen molar-refractivity contribution in [3.05, 3.63) is 59.2 Å². The number of aryl methyl sites for hydroxylation is 1.